The van der Waals surface area contributed by atoms with Crippen LogP contribution in [0.15, 0.2) is 0 Å². The Kier molecular flexibility index (Phi) is 3.58. The Labute approximate surface area is 80.4 Å². The fraction of sp³-hybridized carbons (Fsp3) is 1.00. The summed E-state index contributed by atoms with van der Waals surface area (Å²) in [6.45, 7) is 6.78. The first-order chi connectivity index (χ1) is 6.45. The lowest BCUT2D eigenvalue weighted by Gasteiger charge is -2.21. The van der Waals surface area contributed by atoms with Crippen LogP contribution < -0.4 is 5.32 Å². The maximum Gasteiger partial charge on any atom is 0.0826 e. The molecule has 0 bridgehead atoms. The molecule has 2 heterocycles. The second-order valence-electron chi connectivity index (χ2n) is 4.06. The molecule has 2 aliphatic rings. The number of likely N-dealkylation sites (tertiary alicyclic amines) is 1. The lowest BCUT2D eigenvalue weighted by molar-refractivity contribution is 0.0434. The third kappa shape index (κ3) is 2.93. The van der Waals surface area contributed by atoms with Gasteiger partial charge in [-0.1, -0.05) is 0 Å². The zero-order chi connectivity index (χ0) is 8.93. The van der Waals surface area contributed by atoms with Gasteiger partial charge < -0.3 is 15.0 Å². The molecule has 0 aromatic rings. The minimum absolute atomic E-state index is 0.431. The zero-order valence-corrected chi connectivity index (χ0v) is 8.30. The van der Waals surface area contributed by atoms with Crippen LogP contribution in [-0.4, -0.2) is 50.3 Å². The van der Waals surface area contributed by atoms with Gasteiger partial charge in [0, 0.05) is 19.7 Å². The van der Waals surface area contributed by atoms with Gasteiger partial charge >= 0.3 is 0 Å². The van der Waals surface area contributed by atoms with Crippen LogP contribution in [0.1, 0.15) is 19.3 Å². The van der Waals surface area contributed by atoms with E-state index < -0.39 is 0 Å². The first kappa shape index (κ1) is 9.44. The molecule has 0 aromatic heterocycles. The van der Waals surface area contributed by atoms with Gasteiger partial charge in [0.1, 0.15) is 0 Å². The third-order valence-corrected chi connectivity index (χ3v) is 2.88. The molecule has 2 rings (SSSR count). The lowest BCUT2D eigenvalue weighted by Crippen LogP contribution is -2.37. The van der Waals surface area contributed by atoms with Crippen LogP contribution in [0.3, 0.4) is 0 Å². The Morgan fingerprint density at radius 1 is 1.23 bits per heavy atom. The summed E-state index contributed by atoms with van der Waals surface area (Å²) in [5.41, 5.74) is 0. The highest BCUT2D eigenvalue weighted by atomic mass is 16.5. The molecule has 76 valence electrons. The van der Waals surface area contributed by atoms with Crippen molar-refractivity contribution < 1.29 is 4.74 Å². The molecule has 13 heavy (non-hydrogen) atoms. The maximum absolute atomic E-state index is 5.76. The number of ether oxygens (including phenoxy) is 1. The summed E-state index contributed by atoms with van der Waals surface area (Å²) < 4.78 is 5.76. The highest BCUT2D eigenvalue weighted by Crippen LogP contribution is 2.09. The molecule has 0 radical (unpaired) electrons. The maximum atomic E-state index is 5.76. The fourth-order valence-corrected chi connectivity index (χ4v) is 2.14. The molecule has 2 aliphatic heterocycles. The van der Waals surface area contributed by atoms with Gasteiger partial charge in [0.15, 0.2) is 0 Å². The predicted octanol–water partition coefficient (Wildman–Crippen LogP) is 0.461. The monoisotopic (exact) mass is 184 g/mol. The Morgan fingerprint density at radius 2 is 2.08 bits per heavy atom. The Hall–Kier alpha value is -0.120. The van der Waals surface area contributed by atoms with Gasteiger partial charge in [0.25, 0.3) is 0 Å². The first-order valence-corrected chi connectivity index (χ1v) is 5.50. The summed E-state index contributed by atoms with van der Waals surface area (Å²) in [5.74, 6) is 0. The Bertz CT molecular complexity index is 138. The second-order valence-corrected chi connectivity index (χ2v) is 4.06. The van der Waals surface area contributed by atoms with Crippen molar-refractivity contribution in [3.8, 4) is 0 Å². The molecule has 2 fully saturated rings. The molecule has 0 aliphatic carbocycles. The molecular weight excluding hydrogens is 164 g/mol. The van der Waals surface area contributed by atoms with Crippen LogP contribution >= 0.6 is 0 Å². The Morgan fingerprint density at radius 3 is 2.92 bits per heavy atom. The van der Waals surface area contributed by atoms with Crippen LogP contribution in [0.25, 0.3) is 0 Å². The molecule has 0 aromatic carbocycles. The van der Waals surface area contributed by atoms with E-state index in [1.165, 1.54) is 25.9 Å². The van der Waals surface area contributed by atoms with Crippen molar-refractivity contribution in [3.63, 3.8) is 0 Å². The van der Waals surface area contributed by atoms with Crippen molar-refractivity contribution in [2.75, 3.05) is 39.3 Å². The van der Waals surface area contributed by atoms with Crippen LogP contribution in [0.2, 0.25) is 0 Å². The summed E-state index contributed by atoms with van der Waals surface area (Å²) in [7, 11) is 0. The van der Waals surface area contributed by atoms with Gasteiger partial charge in [-0.05, 0) is 38.9 Å². The largest absolute Gasteiger partial charge is 0.376 e. The van der Waals surface area contributed by atoms with Crippen molar-refractivity contribution in [3.05, 3.63) is 0 Å². The highest BCUT2D eigenvalue weighted by Gasteiger charge is 2.18. The molecule has 2 saturated heterocycles. The number of hydrogen-bond donors (Lipinski definition) is 1. The van der Waals surface area contributed by atoms with E-state index in [4.69, 9.17) is 4.74 Å². The standard InChI is InChI=1S/C10H20N2O/c1-2-6-12(5-1)9-10-8-11-4-3-7-13-10/h10-11H,1-9H2/t10-/m0/s1. The second kappa shape index (κ2) is 4.94. The van der Waals surface area contributed by atoms with Gasteiger partial charge in [-0.2, -0.15) is 0 Å². The average Bonchev–Trinajstić information content (AvgIpc) is 2.49. The molecule has 1 N–H and O–H groups in total. The average molecular weight is 184 g/mol. The molecule has 0 saturated carbocycles. The predicted molar refractivity (Wildman–Crippen MR) is 52.9 cm³/mol. The third-order valence-electron chi connectivity index (χ3n) is 2.88. The van der Waals surface area contributed by atoms with E-state index in [1.54, 1.807) is 0 Å². The van der Waals surface area contributed by atoms with E-state index in [1.807, 2.05) is 0 Å². The zero-order valence-electron chi connectivity index (χ0n) is 8.30. The van der Waals surface area contributed by atoms with E-state index in [-0.39, 0.29) is 0 Å². The molecular formula is C10H20N2O. The molecule has 0 unspecified atom stereocenters. The fourth-order valence-electron chi connectivity index (χ4n) is 2.14. The van der Waals surface area contributed by atoms with Crippen LogP contribution in [-0.2, 0) is 4.74 Å². The van der Waals surface area contributed by atoms with Gasteiger partial charge in [-0.25, -0.2) is 0 Å². The van der Waals surface area contributed by atoms with Crippen molar-refractivity contribution in [2.45, 2.75) is 25.4 Å². The summed E-state index contributed by atoms with van der Waals surface area (Å²) in [6, 6.07) is 0. The van der Waals surface area contributed by atoms with E-state index in [0.717, 1.165) is 32.7 Å². The smallest absolute Gasteiger partial charge is 0.0826 e. The molecule has 0 spiro atoms. The van der Waals surface area contributed by atoms with E-state index in [2.05, 4.69) is 10.2 Å². The van der Waals surface area contributed by atoms with Crippen LogP contribution in [0.4, 0.5) is 0 Å². The molecule has 1 atom stereocenters. The van der Waals surface area contributed by atoms with Crippen molar-refractivity contribution in [1.82, 2.24) is 10.2 Å². The molecule has 3 heteroatoms. The summed E-state index contributed by atoms with van der Waals surface area (Å²) in [6.07, 6.45) is 4.34. The first-order valence-electron chi connectivity index (χ1n) is 5.50. The van der Waals surface area contributed by atoms with Gasteiger partial charge in [-0.3, -0.25) is 0 Å². The number of rotatable bonds is 2. The van der Waals surface area contributed by atoms with E-state index in [0.29, 0.717) is 6.10 Å². The Balaban J connectivity index is 1.71. The molecule has 0 amide bonds. The minimum Gasteiger partial charge on any atom is -0.376 e. The quantitative estimate of drug-likeness (QED) is 0.675. The molecule has 3 nitrogen and oxygen atoms in total. The highest BCUT2D eigenvalue weighted by molar-refractivity contribution is 4.74. The van der Waals surface area contributed by atoms with E-state index in [9.17, 15) is 0 Å². The van der Waals surface area contributed by atoms with Gasteiger partial charge in [-0.15, -0.1) is 0 Å². The summed E-state index contributed by atoms with van der Waals surface area (Å²) in [4.78, 5) is 2.53. The van der Waals surface area contributed by atoms with E-state index >= 15 is 0 Å². The number of hydrogen-bond acceptors (Lipinski definition) is 3. The lowest BCUT2D eigenvalue weighted by atomic mass is 10.3. The number of nitrogens with zero attached hydrogens (tertiary/aromatic N) is 1. The van der Waals surface area contributed by atoms with Crippen molar-refractivity contribution in [2.24, 2.45) is 0 Å². The van der Waals surface area contributed by atoms with Crippen molar-refractivity contribution in [1.29, 1.82) is 0 Å². The summed E-state index contributed by atoms with van der Waals surface area (Å²) >= 11 is 0. The topological polar surface area (TPSA) is 24.5 Å². The SMILES string of the molecule is C1CNC[C@@H](CN2CCCC2)OC1. The van der Waals surface area contributed by atoms with Crippen molar-refractivity contribution >= 4 is 0 Å². The van der Waals surface area contributed by atoms with Gasteiger partial charge in [0.2, 0.25) is 0 Å². The minimum atomic E-state index is 0.431. The normalized spacial score (nSPS) is 31.8. The summed E-state index contributed by atoms with van der Waals surface area (Å²) in [5, 5.41) is 3.42. The van der Waals surface area contributed by atoms with Crippen LogP contribution in [0, 0.1) is 0 Å². The van der Waals surface area contributed by atoms with Crippen LogP contribution in [0.5, 0.6) is 0 Å². The van der Waals surface area contributed by atoms with Gasteiger partial charge in [0.05, 0.1) is 6.10 Å². The number of nitrogens with one attached hydrogen (secondary N) is 1.